The third-order valence-corrected chi connectivity index (χ3v) is 2.72. The zero-order chi connectivity index (χ0) is 8.44. The Labute approximate surface area is 74.0 Å². The molecule has 0 aromatic heterocycles. The lowest BCUT2D eigenvalue weighted by Gasteiger charge is -2.17. The van der Waals surface area contributed by atoms with Gasteiger partial charge in [-0.15, -0.1) is 0 Å². The molecule has 12 heavy (non-hydrogen) atoms. The summed E-state index contributed by atoms with van der Waals surface area (Å²) in [6, 6.07) is 0. The Morgan fingerprint density at radius 1 is 1.58 bits per heavy atom. The standard InChI is InChI=1S/C10H17NO/c1-10(4-5-10)11-7-9-3-2-6-12-8-9/h3,11H,2,4-8H2,1H3. The largest absolute Gasteiger partial charge is 0.377 e. The van der Waals surface area contributed by atoms with Gasteiger partial charge in [0.25, 0.3) is 0 Å². The highest BCUT2D eigenvalue weighted by Gasteiger charge is 2.36. The van der Waals surface area contributed by atoms with Crippen LogP contribution in [0.25, 0.3) is 0 Å². The molecule has 2 nitrogen and oxygen atoms in total. The molecule has 0 spiro atoms. The maximum absolute atomic E-state index is 5.36. The van der Waals surface area contributed by atoms with Gasteiger partial charge in [-0.05, 0) is 31.8 Å². The van der Waals surface area contributed by atoms with Crippen molar-refractivity contribution in [3.05, 3.63) is 11.6 Å². The Morgan fingerprint density at radius 2 is 2.42 bits per heavy atom. The van der Waals surface area contributed by atoms with Gasteiger partial charge in [0.2, 0.25) is 0 Å². The van der Waals surface area contributed by atoms with Gasteiger partial charge in [0.05, 0.1) is 13.2 Å². The van der Waals surface area contributed by atoms with E-state index < -0.39 is 0 Å². The first-order valence-corrected chi connectivity index (χ1v) is 4.79. The van der Waals surface area contributed by atoms with E-state index in [0.29, 0.717) is 5.54 Å². The Balaban J connectivity index is 1.75. The van der Waals surface area contributed by atoms with Crippen molar-refractivity contribution in [3.63, 3.8) is 0 Å². The van der Waals surface area contributed by atoms with Crippen molar-refractivity contribution in [2.75, 3.05) is 19.8 Å². The number of rotatable bonds is 3. The van der Waals surface area contributed by atoms with Gasteiger partial charge in [-0.2, -0.15) is 0 Å². The molecule has 2 rings (SSSR count). The summed E-state index contributed by atoms with van der Waals surface area (Å²) in [5.74, 6) is 0. The highest BCUT2D eigenvalue weighted by molar-refractivity contribution is 5.10. The number of hydrogen-bond acceptors (Lipinski definition) is 2. The predicted octanol–water partition coefficient (Wildman–Crippen LogP) is 1.48. The van der Waals surface area contributed by atoms with Crippen LogP contribution in [0, 0.1) is 0 Å². The second-order valence-electron chi connectivity index (χ2n) is 4.12. The molecule has 1 aliphatic carbocycles. The summed E-state index contributed by atoms with van der Waals surface area (Å²) in [5.41, 5.74) is 1.88. The van der Waals surface area contributed by atoms with E-state index in [2.05, 4.69) is 18.3 Å². The summed E-state index contributed by atoms with van der Waals surface area (Å²) in [5, 5.41) is 3.55. The van der Waals surface area contributed by atoms with Crippen LogP contribution in [-0.2, 0) is 4.74 Å². The smallest absolute Gasteiger partial charge is 0.0689 e. The molecule has 1 N–H and O–H groups in total. The summed E-state index contributed by atoms with van der Waals surface area (Å²) < 4.78 is 5.36. The maximum atomic E-state index is 5.36. The molecule has 0 radical (unpaired) electrons. The third-order valence-electron chi connectivity index (χ3n) is 2.72. The van der Waals surface area contributed by atoms with E-state index in [1.165, 1.54) is 18.4 Å². The molecule has 2 aliphatic rings. The average Bonchev–Trinajstić information content (AvgIpc) is 2.84. The van der Waals surface area contributed by atoms with Gasteiger partial charge in [-0.3, -0.25) is 0 Å². The van der Waals surface area contributed by atoms with Gasteiger partial charge in [0.1, 0.15) is 0 Å². The van der Waals surface area contributed by atoms with Crippen molar-refractivity contribution < 1.29 is 4.74 Å². The van der Waals surface area contributed by atoms with Crippen LogP contribution < -0.4 is 5.32 Å². The van der Waals surface area contributed by atoms with Crippen LogP contribution in [0.15, 0.2) is 11.6 Å². The van der Waals surface area contributed by atoms with Gasteiger partial charge >= 0.3 is 0 Å². The normalized spacial score (nSPS) is 26.6. The summed E-state index contributed by atoms with van der Waals surface area (Å²) in [7, 11) is 0. The Hall–Kier alpha value is -0.340. The molecule has 1 heterocycles. The molecule has 1 saturated carbocycles. The molecule has 0 aromatic rings. The van der Waals surface area contributed by atoms with Crippen molar-refractivity contribution in [2.24, 2.45) is 0 Å². The minimum absolute atomic E-state index is 0.457. The van der Waals surface area contributed by atoms with Crippen molar-refractivity contribution >= 4 is 0 Å². The van der Waals surface area contributed by atoms with Crippen LogP contribution >= 0.6 is 0 Å². The van der Waals surface area contributed by atoms with Crippen LogP contribution in [0.2, 0.25) is 0 Å². The SMILES string of the molecule is CC1(NCC2=CCCOC2)CC1. The second-order valence-corrected chi connectivity index (χ2v) is 4.12. The highest BCUT2D eigenvalue weighted by atomic mass is 16.5. The van der Waals surface area contributed by atoms with E-state index >= 15 is 0 Å². The number of hydrogen-bond donors (Lipinski definition) is 1. The summed E-state index contributed by atoms with van der Waals surface area (Å²) in [6.07, 6.45) is 6.07. The van der Waals surface area contributed by atoms with Gasteiger partial charge in [-0.25, -0.2) is 0 Å². The lowest BCUT2D eigenvalue weighted by atomic mass is 10.2. The van der Waals surface area contributed by atoms with Crippen LogP contribution in [0.1, 0.15) is 26.2 Å². The molecule has 0 amide bonds. The predicted molar refractivity (Wildman–Crippen MR) is 49.2 cm³/mol. The number of ether oxygens (including phenoxy) is 1. The molecule has 1 fully saturated rings. The fourth-order valence-electron chi connectivity index (χ4n) is 1.42. The zero-order valence-corrected chi connectivity index (χ0v) is 7.73. The van der Waals surface area contributed by atoms with Crippen LogP contribution in [-0.4, -0.2) is 25.3 Å². The number of nitrogens with one attached hydrogen (secondary N) is 1. The fraction of sp³-hybridized carbons (Fsp3) is 0.800. The van der Waals surface area contributed by atoms with Crippen molar-refractivity contribution in [2.45, 2.75) is 31.7 Å². The van der Waals surface area contributed by atoms with E-state index in [1.807, 2.05) is 0 Å². The summed E-state index contributed by atoms with van der Waals surface area (Å²) >= 11 is 0. The summed E-state index contributed by atoms with van der Waals surface area (Å²) in [4.78, 5) is 0. The highest BCUT2D eigenvalue weighted by Crippen LogP contribution is 2.34. The molecular weight excluding hydrogens is 150 g/mol. The maximum Gasteiger partial charge on any atom is 0.0689 e. The molecule has 0 aromatic carbocycles. The Bertz CT molecular complexity index is 194. The van der Waals surface area contributed by atoms with E-state index in [4.69, 9.17) is 4.74 Å². The Morgan fingerprint density at radius 3 is 3.00 bits per heavy atom. The lowest BCUT2D eigenvalue weighted by molar-refractivity contribution is 0.148. The van der Waals surface area contributed by atoms with Crippen molar-refractivity contribution in [1.29, 1.82) is 0 Å². The molecule has 0 bridgehead atoms. The van der Waals surface area contributed by atoms with E-state index in [9.17, 15) is 0 Å². The minimum atomic E-state index is 0.457. The van der Waals surface area contributed by atoms with Gasteiger partial charge in [0, 0.05) is 12.1 Å². The molecular formula is C10H17NO. The summed E-state index contributed by atoms with van der Waals surface area (Å²) in [6.45, 7) is 5.05. The molecule has 0 saturated heterocycles. The molecule has 0 unspecified atom stereocenters. The van der Waals surface area contributed by atoms with E-state index in [0.717, 1.165) is 26.2 Å². The average molecular weight is 167 g/mol. The quantitative estimate of drug-likeness (QED) is 0.643. The molecule has 68 valence electrons. The first kappa shape index (κ1) is 8.27. The Kier molecular flexibility index (Phi) is 2.20. The second kappa shape index (κ2) is 3.19. The third kappa shape index (κ3) is 2.08. The lowest BCUT2D eigenvalue weighted by Crippen LogP contribution is -2.31. The zero-order valence-electron chi connectivity index (χ0n) is 7.73. The van der Waals surface area contributed by atoms with Gasteiger partial charge in [0.15, 0.2) is 0 Å². The molecule has 0 atom stereocenters. The van der Waals surface area contributed by atoms with Crippen LogP contribution in [0.5, 0.6) is 0 Å². The fourth-order valence-corrected chi connectivity index (χ4v) is 1.42. The topological polar surface area (TPSA) is 21.3 Å². The molecule has 2 heteroatoms. The van der Waals surface area contributed by atoms with Crippen molar-refractivity contribution in [1.82, 2.24) is 5.32 Å². The minimum Gasteiger partial charge on any atom is -0.377 e. The molecule has 1 aliphatic heterocycles. The van der Waals surface area contributed by atoms with Gasteiger partial charge in [-0.1, -0.05) is 6.08 Å². The first-order chi connectivity index (χ1) is 5.79. The van der Waals surface area contributed by atoms with Crippen molar-refractivity contribution in [3.8, 4) is 0 Å². The van der Waals surface area contributed by atoms with E-state index in [-0.39, 0.29) is 0 Å². The van der Waals surface area contributed by atoms with Crippen LogP contribution in [0.4, 0.5) is 0 Å². The first-order valence-electron chi connectivity index (χ1n) is 4.79. The van der Waals surface area contributed by atoms with Gasteiger partial charge < -0.3 is 10.1 Å². The van der Waals surface area contributed by atoms with E-state index in [1.54, 1.807) is 0 Å². The van der Waals surface area contributed by atoms with Crippen LogP contribution in [0.3, 0.4) is 0 Å². The monoisotopic (exact) mass is 167 g/mol.